The molecule has 3 heterocycles. The normalized spacial score (nSPS) is 13.2. The molecule has 0 aliphatic heterocycles. The lowest BCUT2D eigenvalue weighted by Crippen LogP contribution is -2.11. The van der Waals surface area contributed by atoms with E-state index in [2.05, 4.69) is 55.4 Å². The van der Waals surface area contributed by atoms with E-state index in [4.69, 9.17) is 16.6 Å². The number of hydrogen-bond acceptors (Lipinski definition) is 5. The van der Waals surface area contributed by atoms with Gasteiger partial charge in [0.25, 0.3) is 0 Å². The molecule has 1 atom stereocenters. The fourth-order valence-electron chi connectivity index (χ4n) is 2.51. The van der Waals surface area contributed by atoms with Gasteiger partial charge in [0.05, 0.1) is 17.9 Å². The Labute approximate surface area is 151 Å². The Morgan fingerprint density at radius 3 is 2.50 bits per heavy atom. The zero-order valence-electron chi connectivity index (χ0n) is 14.5. The van der Waals surface area contributed by atoms with Crippen LogP contribution in [0.2, 0.25) is 5.15 Å². The van der Waals surface area contributed by atoms with Gasteiger partial charge in [-0.3, -0.25) is 0 Å². The number of nitrogens with zero attached hydrogens (tertiary/aromatic N) is 4. The van der Waals surface area contributed by atoms with Crippen molar-refractivity contribution < 1.29 is 0 Å². The van der Waals surface area contributed by atoms with Gasteiger partial charge in [0, 0.05) is 17.0 Å². The number of nitrogens with one attached hydrogen (secondary N) is 1. The van der Waals surface area contributed by atoms with Crippen LogP contribution in [0.15, 0.2) is 17.6 Å². The molecule has 3 rings (SSSR count). The third-order valence-corrected chi connectivity index (χ3v) is 5.20. The van der Waals surface area contributed by atoms with E-state index < -0.39 is 0 Å². The van der Waals surface area contributed by atoms with E-state index in [0.717, 1.165) is 27.7 Å². The summed E-state index contributed by atoms with van der Waals surface area (Å²) in [5.74, 6) is 1.60. The average molecular weight is 364 g/mol. The Morgan fingerprint density at radius 1 is 1.12 bits per heavy atom. The molecule has 128 valence electrons. The van der Waals surface area contributed by atoms with Gasteiger partial charge >= 0.3 is 0 Å². The van der Waals surface area contributed by atoms with Crippen LogP contribution in [0.4, 0.5) is 5.82 Å². The zero-order valence-corrected chi connectivity index (χ0v) is 16.1. The maximum absolute atomic E-state index is 6.23. The summed E-state index contributed by atoms with van der Waals surface area (Å²) in [6, 6.07) is 1.87. The van der Waals surface area contributed by atoms with Crippen molar-refractivity contribution in [1.29, 1.82) is 0 Å². The lowest BCUT2D eigenvalue weighted by atomic mass is 10.1. The summed E-state index contributed by atoms with van der Waals surface area (Å²) < 4.78 is 1.81. The summed E-state index contributed by atoms with van der Waals surface area (Å²) in [6.45, 7) is 10.6. The average Bonchev–Trinajstić information content (AvgIpc) is 3.13. The van der Waals surface area contributed by atoms with Gasteiger partial charge in [0.1, 0.15) is 16.0 Å². The number of thiazole rings is 1. The van der Waals surface area contributed by atoms with Crippen molar-refractivity contribution in [3.63, 3.8) is 0 Å². The number of anilines is 1. The lowest BCUT2D eigenvalue weighted by Gasteiger charge is -2.14. The molecule has 24 heavy (non-hydrogen) atoms. The number of halogens is 1. The van der Waals surface area contributed by atoms with E-state index >= 15 is 0 Å². The van der Waals surface area contributed by atoms with Crippen LogP contribution in [-0.2, 0) is 0 Å². The molecule has 1 N–H and O–H groups in total. The number of aromatic nitrogens is 4. The molecule has 7 heteroatoms. The van der Waals surface area contributed by atoms with Crippen molar-refractivity contribution in [2.24, 2.45) is 0 Å². The van der Waals surface area contributed by atoms with Gasteiger partial charge in [-0.25, -0.2) is 9.97 Å². The smallest absolute Gasteiger partial charge is 0.162 e. The second kappa shape index (κ2) is 6.69. The van der Waals surface area contributed by atoms with E-state index in [9.17, 15) is 0 Å². The summed E-state index contributed by atoms with van der Waals surface area (Å²) in [4.78, 5) is 9.16. The van der Waals surface area contributed by atoms with Crippen molar-refractivity contribution in [2.75, 3.05) is 5.32 Å². The molecule has 0 radical (unpaired) electrons. The van der Waals surface area contributed by atoms with Crippen LogP contribution in [0.25, 0.3) is 5.65 Å². The molecule has 0 aliphatic rings. The standard InChI is InChI=1S/C17H22ClN5S/c1-9(2)12-7-19-23-15(6-14(18)22-16(12)23)20-11(5)17-21-13(8-24-17)10(3)4/h6-11,20H,1-5H3. The third kappa shape index (κ3) is 3.26. The van der Waals surface area contributed by atoms with E-state index in [1.54, 1.807) is 17.4 Å². The highest BCUT2D eigenvalue weighted by atomic mass is 35.5. The number of hydrogen-bond donors (Lipinski definition) is 1. The Bertz CT molecular complexity index is 852. The number of rotatable bonds is 5. The molecule has 3 aromatic heterocycles. The Kier molecular flexibility index (Phi) is 4.78. The van der Waals surface area contributed by atoms with Crippen LogP contribution in [0.1, 0.15) is 68.8 Å². The van der Waals surface area contributed by atoms with E-state index in [1.807, 2.05) is 10.7 Å². The first-order valence-electron chi connectivity index (χ1n) is 8.12. The molecule has 3 aromatic rings. The van der Waals surface area contributed by atoms with Crippen LogP contribution in [-0.4, -0.2) is 19.6 Å². The Hall–Kier alpha value is -1.66. The number of fused-ring (bicyclic) bond motifs is 1. The quantitative estimate of drug-likeness (QED) is 0.628. The maximum atomic E-state index is 6.23. The molecular weight excluding hydrogens is 342 g/mol. The van der Waals surface area contributed by atoms with Gasteiger partial charge in [0.2, 0.25) is 0 Å². The third-order valence-electron chi connectivity index (χ3n) is 3.96. The molecule has 0 amide bonds. The fourth-order valence-corrected chi connectivity index (χ4v) is 3.68. The fraction of sp³-hybridized carbons (Fsp3) is 0.471. The second-order valence-corrected chi connectivity index (χ2v) is 7.86. The summed E-state index contributed by atoms with van der Waals surface area (Å²) in [6.07, 6.45) is 1.86. The van der Waals surface area contributed by atoms with Crippen molar-refractivity contribution in [1.82, 2.24) is 19.6 Å². The lowest BCUT2D eigenvalue weighted by molar-refractivity contribution is 0.789. The van der Waals surface area contributed by atoms with E-state index in [1.165, 1.54) is 0 Å². The molecule has 0 aliphatic carbocycles. The van der Waals surface area contributed by atoms with Crippen LogP contribution in [0.3, 0.4) is 0 Å². The topological polar surface area (TPSA) is 55.1 Å². The summed E-state index contributed by atoms with van der Waals surface area (Å²) in [5.41, 5.74) is 3.02. The largest absolute Gasteiger partial charge is 0.361 e. The van der Waals surface area contributed by atoms with Gasteiger partial charge in [-0.1, -0.05) is 39.3 Å². The van der Waals surface area contributed by atoms with Crippen LogP contribution >= 0.6 is 22.9 Å². The molecule has 5 nitrogen and oxygen atoms in total. The van der Waals surface area contributed by atoms with Gasteiger partial charge in [-0.2, -0.15) is 9.61 Å². The highest BCUT2D eigenvalue weighted by Gasteiger charge is 2.17. The molecule has 1 unspecified atom stereocenters. The van der Waals surface area contributed by atoms with Crippen molar-refractivity contribution >= 4 is 34.4 Å². The zero-order chi connectivity index (χ0) is 17.4. The molecular formula is C17H22ClN5S. The predicted octanol–water partition coefficient (Wildman–Crippen LogP) is 5.26. The minimum atomic E-state index is 0.0656. The minimum absolute atomic E-state index is 0.0656. The summed E-state index contributed by atoms with van der Waals surface area (Å²) >= 11 is 7.90. The molecule has 0 bridgehead atoms. The van der Waals surface area contributed by atoms with Gasteiger partial charge in [-0.15, -0.1) is 11.3 Å². The molecule has 0 fully saturated rings. The maximum Gasteiger partial charge on any atom is 0.162 e. The first-order valence-corrected chi connectivity index (χ1v) is 9.38. The Balaban J connectivity index is 1.94. The van der Waals surface area contributed by atoms with Gasteiger partial charge in [0.15, 0.2) is 5.65 Å². The SMILES string of the molecule is CC(C)c1csc(C(C)Nc2cc(Cl)nc3c(C(C)C)cnn23)n1. The van der Waals surface area contributed by atoms with Gasteiger partial charge in [-0.05, 0) is 18.8 Å². The minimum Gasteiger partial charge on any atom is -0.361 e. The first-order chi connectivity index (χ1) is 11.4. The highest BCUT2D eigenvalue weighted by Crippen LogP contribution is 2.28. The van der Waals surface area contributed by atoms with Crippen LogP contribution in [0.5, 0.6) is 0 Å². The van der Waals surface area contributed by atoms with Crippen molar-refractivity contribution in [2.45, 2.75) is 52.5 Å². The van der Waals surface area contributed by atoms with Crippen molar-refractivity contribution in [3.8, 4) is 0 Å². The molecule has 0 saturated carbocycles. The summed E-state index contributed by atoms with van der Waals surface area (Å²) in [5, 5.41) is 11.6. The van der Waals surface area contributed by atoms with Crippen molar-refractivity contribution in [3.05, 3.63) is 39.1 Å². The summed E-state index contributed by atoms with van der Waals surface area (Å²) in [7, 11) is 0. The first kappa shape index (κ1) is 17.2. The van der Waals surface area contributed by atoms with Crippen LogP contribution < -0.4 is 5.32 Å². The molecule has 0 spiro atoms. The highest BCUT2D eigenvalue weighted by molar-refractivity contribution is 7.09. The van der Waals surface area contributed by atoms with Gasteiger partial charge < -0.3 is 5.32 Å². The predicted molar refractivity (Wildman–Crippen MR) is 100 cm³/mol. The van der Waals surface area contributed by atoms with E-state index in [0.29, 0.717) is 17.0 Å². The molecule has 0 saturated heterocycles. The molecule has 0 aromatic carbocycles. The van der Waals surface area contributed by atoms with Crippen LogP contribution in [0, 0.1) is 0 Å². The van der Waals surface area contributed by atoms with E-state index in [-0.39, 0.29) is 6.04 Å². The Morgan fingerprint density at radius 2 is 1.88 bits per heavy atom. The monoisotopic (exact) mass is 363 g/mol. The second-order valence-electron chi connectivity index (χ2n) is 6.59.